The summed E-state index contributed by atoms with van der Waals surface area (Å²) in [7, 11) is 0. The van der Waals surface area contributed by atoms with E-state index in [2.05, 4.69) is 15.5 Å². The Balaban J connectivity index is 2.07. The second-order valence-corrected chi connectivity index (χ2v) is 5.85. The van der Waals surface area contributed by atoms with E-state index in [4.69, 9.17) is 33.0 Å². The van der Waals surface area contributed by atoms with E-state index in [1.165, 1.54) is 12.1 Å². The minimum absolute atomic E-state index is 0.0214. The van der Waals surface area contributed by atoms with Crippen molar-refractivity contribution in [1.82, 2.24) is 15.5 Å². The molecule has 0 bridgehead atoms. The van der Waals surface area contributed by atoms with Gasteiger partial charge >= 0.3 is 5.97 Å². The smallest absolute Gasteiger partial charge is 0.326 e. The molecule has 1 atom stereocenters. The lowest BCUT2D eigenvalue weighted by Crippen LogP contribution is -2.41. The number of amides is 1. The van der Waals surface area contributed by atoms with Gasteiger partial charge in [-0.25, -0.2) is 4.79 Å². The summed E-state index contributed by atoms with van der Waals surface area (Å²) in [6.07, 6.45) is 0.944. The monoisotopic (exact) mass is 383 g/mol. The predicted octanol–water partition coefficient (Wildman–Crippen LogP) is 3.56. The van der Waals surface area contributed by atoms with Gasteiger partial charge in [0.1, 0.15) is 16.8 Å². The standard InChI is InChI=1S/C16H15Cl2N3O4/c1-2-4-11(16(23)24)19-15(22)10-7-8-13(21-20-10)25-12-6-3-5-9(17)14(12)18/h3,5-8,11H,2,4H2,1H3,(H,19,22)(H,23,24). The quantitative estimate of drug-likeness (QED) is 0.757. The first-order valence-corrected chi connectivity index (χ1v) is 8.17. The summed E-state index contributed by atoms with van der Waals surface area (Å²) in [4.78, 5) is 23.1. The highest BCUT2D eigenvalue weighted by Crippen LogP contribution is 2.33. The van der Waals surface area contributed by atoms with Crippen molar-refractivity contribution in [2.75, 3.05) is 0 Å². The van der Waals surface area contributed by atoms with E-state index < -0.39 is 17.9 Å². The van der Waals surface area contributed by atoms with E-state index >= 15 is 0 Å². The number of halogens is 2. The highest BCUT2D eigenvalue weighted by Gasteiger charge is 2.20. The summed E-state index contributed by atoms with van der Waals surface area (Å²) in [5.41, 5.74) is -0.0214. The molecule has 9 heteroatoms. The SMILES string of the molecule is CCCC(NC(=O)c1ccc(Oc2cccc(Cl)c2Cl)nn1)C(=O)O. The van der Waals surface area contributed by atoms with Gasteiger partial charge in [0.2, 0.25) is 5.88 Å². The Morgan fingerprint density at radius 2 is 2.00 bits per heavy atom. The maximum absolute atomic E-state index is 12.0. The van der Waals surface area contributed by atoms with E-state index in [0.717, 1.165) is 0 Å². The lowest BCUT2D eigenvalue weighted by atomic mass is 10.1. The highest BCUT2D eigenvalue weighted by atomic mass is 35.5. The van der Waals surface area contributed by atoms with Gasteiger partial charge in [-0.1, -0.05) is 42.6 Å². The Labute approximate surface area is 153 Å². The molecule has 0 aliphatic rings. The number of hydrogen-bond acceptors (Lipinski definition) is 5. The topological polar surface area (TPSA) is 101 Å². The van der Waals surface area contributed by atoms with Crippen molar-refractivity contribution < 1.29 is 19.4 Å². The van der Waals surface area contributed by atoms with Gasteiger partial charge in [0.05, 0.1) is 5.02 Å². The van der Waals surface area contributed by atoms with E-state index in [0.29, 0.717) is 23.6 Å². The molecule has 1 unspecified atom stereocenters. The molecule has 0 saturated carbocycles. The van der Waals surface area contributed by atoms with Crippen molar-refractivity contribution in [1.29, 1.82) is 0 Å². The number of aromatic nitrogens is 2. The summed E-state index contributed by atoms with van der Waals surface area (Å²) in [6.45, 7) is 1.83. The van der Waals surface area contributed by atoms with Gasteiger partial charge in [-0.15, -0.1) is 10.2 Å². The van der Waals surface area contributed by atoms with Crippen molar-refractivity contribution in [3.05, 3.63) is 46.1 Å². The van der Waals surface area contributed by atoms with Gasteiger partial charge < -0.3 is 15.2 Å². The molecule has 2 aromatic rings. The Hall–Kier alpha value is -2.38. The number of carbonyl (C=O) groups excluding carboxylic acids is 1. The van der Waals surface area contributed by atoms with Crippen LogP contribution >= 0.6 is 23.2 Å². The largest absolute Gasteiger partial charge is 0.480 e. The first-order chi connectivity index (χ1) is 11.9. The first kappa shape index (κ1) is 19.0. The third-order valence-electron chi connectivity index (χ3n) is 3.18. The molecule has 0 radical (unpaired) electrons. The molecular weight excluding hydrogens is 369 g/mol. The molecule has 1 aromatic carbocycles. The number of nitrogens with zero attached hydrogens (tertiary/aromatic N) is 2. The third-order valence-corrected chi connectivity index (χ3v) is 3.99. The number of nitrogens with one attached hydrogen (secondary N) is 1. The van der Waals surface area contributed by atoms with Gasteiger partial charge in [0.25, 0.3) is 5.91 Å². The molecule has 0 aliphatic heterocycles. The molecule has 1 amide bonds. The number of ether oxygens (including phenoxy) is 1. The van der Waals surface area contributed by atoms with Gasteiger partial charge in [-0.2, -0.15) is 0 Å². The molecule has 1 heterocycles. The molecule has 0 aliphatic carbocycles. The van der Waals surface area contributed by atoms with E-state index in [1.807, 2.05) is 6.92 Å². The van der Waals surface area contributed by atoms with Gasteiger partial charge in [-0.05, 0) is 24.6 Å². The van der Waals surface area contributed by atoms with E-state index in [1.54, 1.807) is 18.2 Å². The van der Waals surface area contributed by atoms with Gasteiger partial charge in [-0.3, -0.25) is 4.79 Å². The summed E-state index contributed by atoms with van der Waals surface area (Å²) in [6, 6.07) is 6.72. The van der Waals surface area contributed by atoms with Crippen LogP contribution in [0.4, 0.5) is 0 Å². The maximum atomic E-state index is 12.0. The fraction of sp³-hybridized carbons (Fsp3) is 0.250. The van der Waals surface area contributed by atoms with Crippen molar-refractivity contribution >= 4 is 35.1 Å². The fourth-order valence-electron chi connectivity index (χ4n) is 1.95. The van der Waals surface area contributed by atoms with Crippen LogP contribution in [0.2, 0.25) is 10.0 Å². The molecule has 7 nitrogen and oxygen atoms in total. The molecule has 0 spiro atoms. The Morgan fingerprint density at radius 1 is 1.24 bits per heavy atom. The van der Waals surface area contributed by atoms with Gasteiger partial charge in [0.15, 0.2) is 5.69 Å². The Bertz CT molecular complexity index is 768. The number of rotatable bonds is 7. The molecule has 1 aromatic heterocycles. The molecule has 132 valence electrons. The molecule has 0 saturated heterocycles. The zero-order valence-electron chi connectivity index (χ0n) is 13.2. The van der Waals surface area contributed by atoms with Gasteiger partial charge in [0, 0.05) is 6.07 Å². The molecular formula is C16H15Cl2N3O4. The number of aliphatic carboxylic acids is 1. The Morgan fingerprint density at radius 3 is 2.60 bits per heavy atom. The maximum Gasteiger partial charge on any atom is 0.326 e. The zero-order chi connectivity index (χ0) is 18.4. The van der Waals surface area contributed by atoms with Crippen LogP contribution in [0.25, 0.3) is 0 Å². The lowest BCUT2D eigenvalue weighted by molar-refractivity contribution is -0.139. The van der Waals surface area contributed by atoms with Crippen LogP contribution in [0.15, 0.2) is 30.3 Å². The summed E-state index contributed by atoms with van der Waals surface area (Å²) < 4.78 is 5.47. The zero-order valence-corrected chi connectivity index (χ0v) is 14.7. The minimum Gasteiger partial charge on any atom is -0.480 e. The second kappa shape index (κ2) is 8.64. The van der Waals surface area contributed by atoms with Crippen LogP contribution in [-0.2, 0) is 4.79 Å². The second-order valence-electron chi connectivity index (χ2n) is 5.06. The molecule has 0 fully saturated rings. The lowest BCUT2D eigenvalue weighted by Gasteiger charge is -2.13. The van der Waals surface area contributed by atoms with Crippen LogP contribution < -0.4 is 10.1 Å². The Kier molecular flexibility index (Phi) is 6.55. The van der Waals surface area contributed by atoms with Crippen molar-refractivity contribution in [3.63, 3.8) is 0 Å². The summed E-state index contributed by atoms with van der Waals surface area (Å²) in [5, 5.41) is 19.6. The number of hydrogen-bond donors (Lipinski definition) is 2. The van der Waals surface area contributed by atoms with Crippen LogP contribution in [-0.4, -0.2) is 33.2 Å². The van der Waals surface area contributed by atoms with Crippen LogP contribution in [0, 0.1) is 0 Å². The van der Waals surface area contributed by atoms with Crippen molar-refractivity contribution in [2.45, 2.75) is 25.8 Å². The highest BCUT2D eigenvalue weighted by molar-refractivity contribution is 6.42. The number of carbonyl (C=O) groups is 2. The normalized spacial score (nSPS) is 11.6. The number of carboxylic acid groups (broad SMARTS) is 1. The average molecular weight is 384 g/mol. The van der Waals surface area contributed by atoms with Crippen LogP contribution in [0.3, 0.4) is 0 Å². The molecule has 2 rings (SSSR count). The van der Waals surface area contributed by atoms with Crippen molar-refractivity contribution in [2.24, 2.45) is 0 Å². The number of benzene rings is 1. The fourth-order valence-corrected chi connectivity index (χ4v) is 2.28. The van der Waals surface area contributed by atoms with E-state index in [-0.39, 0.29) is 16.6 Å². The molecule has 2 N–H and O–H groups in total. The van der Waals surface area contributed by atoms with E-state index in [9.17, 15) is 9.59 Å². The van der Waals surface area contributed by atoms with Crippen LogP contribution in [0.1, 0.15) is 30.3 Å². The number of carboxylic acids is 1. The predicted molar refractivity (Wildman–Crippen MR) is 92.4 cm³/mol. The third kappa shape index (κ3) is 5.04. The van der Waals surface area contributed by atoms with Crippen molar-refractivity contribution in [3.8, 4) is 11.6 Å². The minimum atomic E-state index is -1.10. The van der Waals surface area contributed by atoms with Crippen LogP contribution in [0.5, 0.6) is 11.6 Å². The average Bonchev–Trinajstić information content (AvgIpc) is 2.59. The summed E-state index contributed by atoms with van der Waals surface area (Å²) >= 11 is 11.9. The first-order valence-electron chi connectivity index (χ1n) is 7.41. The summed E-state index contributed by atoms with van der Waals surface area (Å²) in [5.74, 6) is -1.31. The molecule has 25 heavy (non-hydrogen) atoms.